The fraction of sp³-hybridized carbons (Fsp3) is 0.136. The number of aromatic nitrogens is 2. The molecule has 0 saturated heterocycles. The zero-order chi connectivity index (χ0) is 20.6. The number of aryl methyl sites for hydroxylation is 2. The van der Waals surface area contributed by atoms with Gasteiger partial charge in [-0.15, -0.1) is 0 Å². The molecule has 4 aromatic rings. The minimum atomic E-state index is -3.74. The molecule has 0 spiro atoms. The first-order chi connectivity index (χ1) is 13.9. The Bertz CT molecular complexity index is 1280. The molecule has 0 amide bonds. The second-order valence-corrected chi connectivity index (χ2v) is 8.54. The number of pyridine rings is 1. The van der Waals surface area contributed by atoms with Crippen LogP contribution in [0, 0.1) is 13.8 Å². The van der Waals surface area contributed by atoms with Gasteiger partial charge in [0, 0.05) is 18.0 Å². The van der Waals surface area contributed by atoms with Gasteiger partial charge in [0.1, 0.15) is 11.4 Å². The predicted octanol–water partition coefficient (Wildman–Crippen LogP) is 4.43. The molecule has 0 aliphatic rings. The topological polar surface area (TPSA) is 72.7 Å². The summed E-state index contributed by atoms with van der Waals surface area (Å²) in [6.07, 6.45) is 3.85. The van der Waals surface area contributed by atoms with Crippen LogP contribution in [0.3, 0.4) is 0 Å². The molecule has 0 aliphatic carbocycles. The minimum Gasteiger partial charge on any atom is -0.496 e. The summed E-state index contributed by atoms with van der Waals surface area (Å²) in [5, 5.41) is 0. The van der Waals surface area contributed by atoms with Crippen molar-refractivity contribution < 1.29 is 13.2 Å². The molecular formula is C22H21N3O3S. The second-order valence-electron chi connectivity index (χ2n) is 6.86. The van der Waals surface area contributed by atoms with Gasteiger partial charge in [0.2, 0.25) is 0 Å². The van der Waals surface area contributed by atoms with Crippen molar-refractivity contribution in [2.75, 3.05) is 11.8 Å². The van der Waals surface area contributed by atoms with Gasteiger partial charge >= 0.3 is 0 Å². The molecule has 0 saturated carbocycles. The number of nitrogens with one attached hydrogen (secondary N) is 1. The van der Waals surface area contributed by atoms with Crippen LogP contribution in [-0.4, -0.2) is 24.9 Å². The van der Waals surface area contributed by atoms with Crippen molar-refractivity contribution in [2.24, 2.45) is 0 Å². The first-order valence-corrected chi connectivity index (χ1v) is 10.6. The summed E-state index contributed by atoms with van der Waals surface area (Å²) in [7, 11) is -2.18. The Kier molecular flexibility index (Phi) is 4.76. The van der Waals surface area contributed by atoms with E-state index >= 15 is 0 Å². The molecule has 1 N–H and O–H groups in total. The fourth-order valence-corrected chi connectivity index (χ4v) is 4.39. The van der Waals surface area contributed by atoms with Crippen molar-refractivity contribution in [3.63, 3.8) is 0 Å². The maximum Gasteiger partial charge on any atom is 0.261 e. The lowest BCUT2D eigenvalue weighted by Crippen LogP contribution is -2.14. The van der Waals surface area contributed by atoms with E-state index in [1.807, 2.05) is 67.0 Å². The summed E-state index contributed by atoms with van der Waals surface area (Å²) in [6.45, 7) is 3.68. The van der Waals surface area contributed by atoms with Crippen LogP contribution in [0.4, 0.5) is 5.69 Å². The summed E-state index contributed by atoms with van der Waals surface area (Å²) in [5.74, 6) is 0.647. The lowest BCUT2D eigenvalue weighted by Gasteiger charge is -2.13. The van der Waals surface area contributed by atoms with Crippen molar-refractivity contribution in [1.29, 1.82) is 0 Å². The average Bonchev–Trinajstić information content (AvgIpc) is 3.13. The largest absolute Gasteiger partial charge is 0.496 e. The predicted molar refractivity (Wildman–Crippen MR) is 114 cm³/mol. The number of fused-ring (bicyclic) bond motifs is 1. The van der Waals surface area contributed by atoms with Crippen molar-refractivity contribution in [3.8, 4) is 17.0 Å². The van der Waals surface area contributed by atoms with E-state index in [4.69, 9.17) is 4.74 Å². The normalized spacial score (nSPS) is 11.6. The van der Waals surface area contributed by atoms with E-state index in [0.717, 1.165) is 28.0 Å². The van der Waals surface area contributed by atoms with Gasteiger partial charge in [0.25, 0.3) is 10.0 Å². The SMILES string of the molecule is COc1ccc(S(=O)(=O)Nc2cc(-c3cn4ccccc4n3)ccc2C)cc1C. The molecule has 2 aromatic carbocycles. The van der Waals surface area contributed by atoms with Crippen LogP contribution in [0.15, 0.2) is 71.9 Å². The monoisotopic (exact) mass is 407 g/mol. The summed E-state index contributed by atoms with van der Waals surface area (Å²) < 4.78 is 35.7. The van der Waals surface area contributed by atoms with Crippen LogP contribution >= 0.6 is 0 Å². The number of sulfonamides is 1. The third-order valence-electron chi connectivity index (χ3n) is 4.82. The highest BCUT2D eigenvalue weighted by Crippen LogP contribution is 2.28. The molecule has 0 atom stereocenters. The van der Waals surface area contributed by atoms with Crippen molar-refractivity contribution >= 4 is 21.4 Å². The molecule has 6 nitrogen and oxygen atoms in total. The van der Waals surface area contributed by atoms with Crippen molar-refractivity contribution in [2.45, 2.75) is 18.7 Å². The van der Waals surface area contributed by atoms with Gasteiger partial charge in [-0.05, 0) is 61.4 Å². The third-order valence-corrected chi connectivity index (χ3v) is 6.18. The minimum absolute atomic E-state index is 0.188. The van der Waals surface area contributed by atoms with Gasteiger partial charge in [-0.25, -0.2) is 13.4 Å². The number of hydrogen-bond acceptors (Lipinski definition) is 4. The maximum atomic E-state index is 12.9. The molecule has 29 heavy (non-hydrogen) atoms. The van der Waals surface area contributed by atoms with Crippen LogP contribution in [0.25, 0.3) is 16.9 Å². The first kappa shape index (κ1) is 19.0. The molecular weight excluding hydrogens is 386 g/mol. The van der Waals surface area contributed by atoms with E-state index in [-0.39, 0.29) is 4.90 Å². The summed E-state index contributed by atoms with van der Waals surface area (Å²) >= 11 is 0. The van der Waals surface area contributed by atoms with E-state index in [2.05, 4.69) is 9.71 Å². The van der Waals surface area contributed by atoms with Gasteiger partial charge in [-0.3, -0.25) is 4.72 Å². The molecule has 0 fully saturated rings. The number of methoxy groups -OCH3 is 1. The quantitative estimate of drug-likeness (QED) is 0.531. The lowest BCUT2D eigenvalue weighted by molar-refractivity contribution is 0.411. The number of anilines is 1. The van der Waals surface area contributed by atoms with Gasteiger partial charge in [-0.1, -0.05) is 18.2 Å². The van der Waals surface area contributed by atoms with Gasteiger partial charge < -0.3 is 9.14 Å². The Morgan fingerprint density at radius 1 is 1.00 bits per heavy atom. The van der Waals surface area contributed by atoms with E-state index < -0.39 is 10.0 Å². The molecule has 7 heteroatoms. The van der Waals surface area contributed by atoms with Crippen LogP contribution in [0.1, 0.15) is 11.1 Å². The van der Waals surface area contributed by atoms with Gasteiger partial charge in [0.15, 0.2) is 0 Å². The Hall–Kier alpha value is -3.32. The van der Waals surface area contributed by atoms with E-state index in [1.54, 1.807) is 19.2 Å². The summed E-state index contributed by atoms with van der Waals surface area (Å²) in [5.41, 5.74) is 4.55. The van der Waals surface area contributed by atoms with Gasteiger partial charge in [0.05, 0.1) is 23.4 Å². The highest BCUT2D eigenvalue weighted by atomic mass is 32.2. The molecule has 2 heterocycles. The van der Waals surface area contributed by atoms with Gasteiger partial charge in [-0.2, -0.15) is 0 Å². The number of nitrogens with zero attached hydrogens (tertiary/aromatic N) is 2. The number of ether oxygens (including phenoxy) is 1. The fourth-order valence-electron chi connectivity index (χ4n) is 3.19. The highest BCUT2D eigenvalue weighted by molar-refractivity contribution is 7.92. The third kappa shape index (κ3) is 3.69. The Balaban J connectivity index is 1.70. The second kappa shape index (κ2) is 7.25. The Morgan fingerprint density at radius 2 is 1.83 bits per heavy atom. The highest BCUT2D eigenvalue weighted by Gasteiger charge is 2.17. The molecule has 148 valence electrons. The summed E-state index contributed by atoms with van der Waals surface area (Å²) in [6, 6.07) is 16.2. The lowest BCUT2D eigenvalue weighted by atomic mass is 10.1. The van der Waals surface area contributed by atoms with Crippen LogP contribution in [0.2, 0.25) is 0 Å². The van der Waals surface area contributed by atoms with E-state index in [0.29, 0.717) is 11.4 Å². The molecule has 2 aromatic heterocycles. The number of hydrogen-bond donors (Lipinski definition) is 1. The molecule has 0 aliphatic heterocycles. The standard InChI is InChI=1S/C22H21N3O3S/c1-15-7-8-17(20-14-25-11-5-4-6-22(25)23-20)13-19(15)24-29(26,27)18-9-10-21(28-3)16(2)12-18/h4-14,24H,1-3H3. The Labute approximate surface area is 169 Å². The number of imidazole rings is 1. The number of benzene rings is 2. The number of rotatable bonds is 5. The molecule has 0 unspecified atom stereocenters. The van der Waals surface area contributed by atoms with E-state index in [9.17, 15) is 8.42 Å². The molecule has 0 bridgehead atoms. The first-order valence-electron chi connectivity index (χ1n) is 9.09. The van der Waals surface area contributed by atoms with Crippen molar-refractivity contribution in [1.82, 2.24) is 9.38 Å². The van der Waals surface area contributed by atoms with Crippen LogP contribution in [-0.2, 0) is 10.0 Å². The smallest absolute Gasteiger partial charge is 0.261 e. The average molecular weight is 407 g/mol. The molecule has 0 radical (unpaired) electrons. The van der Waals surface area contributed by atoms with Crippen LogP contribution < -0.4 is 9.46 Å². The zero-order valence-corrected chi connectivity index (χ0v) is 17.2. The zero-order valence-electron chi connectivity index (χ0n) is 16.4. The van der Waals surface area contributed by atoms with Crippen molar-refractivity contribution in [3.05, 3.63) is 78.1 Å². The van der Waals surface area contributed by atoms with Crippen LogP contribution in [0.5, 0.6) is 5.75 Å². The maximum absolute atomic E-state index is 12.9. The summed E-state index contributed by atoms with van der Waals surface area (Å²) in [4.78, 5) is 4.80. The van der Waals surface area contributed by atoms with E-state index in [1.165, 1.54) is 6.07 Å². The molecule has 4 rings (SSSR count). The Morgan fingerprint density at radius 3 is 2.55 bits per heavy atom.